The van der Waals surface area contributed by atoms with Gasteiger partial charge in [0.05, 0.1) is 24.4 Å². The highest BCUT2D eigenvalue weighted by Crippen LogP contribution is 2.56. The van der Waals surface area contributed by atoms with Crippen molar-refractivity contribution in [2.45, 2.75) is 157 Å². The topological polar surface area (TPSA) is 18.5 Å². The van der Waals surface area contributed by atoms with Gasteiger partial charge >= 0.3 is 0 Å². The molecular formula is C25H43BO2. The molecule has 2 aliphatic heterocycles. The predicted octanol–water partition coefficient (Wildman–Crippen LogP) is 7.19. The molecule has 158 valence electrons. The molecule has 0 spiro atoms. The Kier molecular flexibility index (Phi) is 6.70. The molecule has 5 rings (SSSR count). The maximum absolute atomic E-state index is 7.04. The molecule has 0 aromatic carbocycles. The van der Waals surface area contributed by atoms with Crippen LogP contribution in [0, 0.1) is 0 Å². The van der Waals surface area contributed by atoms with E-state index in [0.717, 1.165) is 18.3 Å². The number of hydrogen-bond donors (Lipinski definition) is 0. The van der Waals surface area contributed by atoms with Gasteiger partial charge in [0, 0.05) is 0 Å². The highest BCUT2D eigenvalue weighted by atomic mass is 16.5. The van der Waals surface area contributed by atoms with Crippen LogP contribution in [0.2, 0.25) is 17.5 Å². The minimum atomic E-state index is 0.499. The van der Waals surface area contributed by atoms with Crippen LogP contribution >= 0.6 is 0 Å². The van der Waals surface area contributed by atoms with E-state index in [1.54, 1.807) is 0 Å². The van der Waals surface area contributed by atoms with Crippen LogP contribution in [0.15, 0.2) is 0 Å². The first kappa shape index (κ1) is 19.9. The second-order valence-electron chi connectivity index (χ2n) is 10.9. The summed E-state index contributed by atoms with van der Waals surface area (Å²) in [6.07, 6.45) is 27.4. The molecule has 5 aliphatic rings. The summed E-state index contributed by atoms with van der Waals surface area (Å²) in [5.41, 5.74) is 0. The molecule has 0 aromatic rings. The van der Waals surface area contributed by atoms with E-state index in [-0.39, 0.29) is 0 Å². The van der Waals surface area contributed by atoms with E-state index >= 15 is 0 Å². The van der Waals surface area contributed by atoms with Crippen molar-refractivity contribution in [2.24, 2.45) is 0 Å². The van der Waals surface area contributed by atoms with Crippen LogP contribution in [-0.2, 0) is 9.47 Å². The summed E-state index contributed by atoms with van der Waals surface area (Å²) in [5, 5.41) is 0. The van der Waals surface area contributed by atoms with E-state index in [4.69, 9.17) is 9.47 Å². The molecule has 3 aliphatic carbocycles. The van der Waals surface area contributed by atoms with Crippen LogP contribution in [0.4, 0.5) is 0 Å². The van der Waals surface area contributed by atoms with Crippen molar-refractivity contribution in [3.05, 3.63) is 0 Å². The molecule has 0 radical (unpaired) electrons. The highest BCUT2D eigenvalue weighted by molar-refractivity contribution is 6.65. The lowest BCUT2D eigenvalue weighted by Gasteiger charge is -2.56. The van der Waals surface area contributed by atoms with Crippen LogP contribution in [-0.4, -0.2) is 31.1 Å². The lowest BCUT2D eigenvalue weighted by molar-refractivity contribution is -0.109. The van der Waals surface area contributed by atoms with Crippen LogP contribution in [0.1, 0.15) is 116 Å². The molecule has 5 fully saturated rings. The second-order valence-corrected chi connectivity index (χ2v) is 10.9. The number of fused-ring (bicyclic) bond motifs is 4. The third-order valence-corrected chi connectivity index (χ3v) is 9.23. The van der Waals surface area contributed by atoms with E-state index in [2.05, 4.69) is 0 Å². The molecule has 3 saturated carbocycles. The first-order valence-electron chi connectivity index (χ1n) is 13.2. The van der Waals surface area contributed by atoms with Crippen molar-refractivity contribution >= 4 is 6.71 Å². The Morgan fingerprint density at radius 2 is 0.750 bits per heavy atom. The molecular weight excluding hydrogens is 343 g/mol. The van der Waals surface area contributed by atoms with Crippen LogP contribution < -0.4 is 0 Å². The molecule has 28 heavy (non-hydrogen) atoms. The van der Waals surface area contributed by atoms with Gasteiger partial charge in [-0.3, -0.25) is 0 Å². The van der Waals surface area contributed by atoms with E-state index in [0.29, 0.717) is 30.2 Å². The molecule has 0 aromatic heterocycles. The Morgan fingerprint density at radius 1 is 0.393 bits per heavy atom. The van der Waals surface area contributed by atoms with Gasteiger partial charge in [-0.1, -0.05) is 89.9 Å². The number of hydrogen-bond acceptors (Lipinski definition) is 2. The van der Waals surface area contributed by atoms with Gasteiger partial charge in [0.2, 0.25) is 0 Å². The molecule has 2 saturated heterocycles. The van der Waals surface area contributed by atoms with Crippen molar-refractivity contribution < 1.29 is 9.47 Å². The number of ether oxygens (including phenoxy) is 2. The van der Waals surface area contributed by atoms with Gasteiger partial charge in [0.25, 0.3) is 0 Å². The fourth-order valence-electron chi connectivity index (χ4n) is 8.00. The minimum Gasteiger partial charge on any atom is -0.376 e. The monoisotopic (exact) mass is 386 g/mol. The van der Waals surface area contributed by atoms with Crippen molar-refractivity contribution in [3.8, 4) is 0 Å². The zero-order valence-electron chi connectivity index (χ0n) is 18.2. The molecule has 2 heterocycles. The Labute approximate surface area is 174 Å². The summed E-state index contributed by atoms with van der Waals surface area (Å²) in [6, 6.07) is 0. The molecule has 7 atom stereocenters. The van der Waals surface area contributed by atoms with E-state index < -0.39 is 0 Å². The Morgan fingerprint density at radius 3 is 1.25 bits per heavy atom. The Hall–Kier alpha value is -0.0151. The maximum atomic E-state index is 7.04. The lowest BCUT2D eigenvalue weighted by Crippen LogP contribution is -2.59. The second kappa shape index (κ2) is 9.42. The molecule has 3 heteroatoms. The molecule has 0 bridgehead atoms. The summed E-state index contributed by atoms with van der Waals surface area (Å²) < 4.78 is 14.0. The smallest absolute Gasteiger partial charge is 0.162 e. The van der Waals surface area contributed by atoms with Gasteiger partial charge in [0.1, 0.15) is 0 Å². The normalized spacial score (nSPS) is 45.4. The third kappa shape index (κ3) is 4.09. The highest BCUT2D eigenvalue weighted by Gasteiger charge is 2.57. The quantitative estimate of drug-likeness (QED) is 0.410. The van der Waals surface area contributed by atoms with Crippen molar-refractivity contribution in [1.82, 2.24) is 0 Å². The average molecular weight is 386 g/mol. The zero-order chi connectivity index (χ0) is 18.8. The van der Waals surface area contributed by atoms with Gasteiger partial charge < -0.3 is 9.47 Å². The molecule has 2 nitrogen and oxygen atoms in total. The molecule has 0 N–H and O–H groups in total. The van der Waals surface area contributed by atoms with Crippen LogP contribution in [0.25, 0.3) is 0 Å². The molecule has 0 amide bonds. The Bertz CT molecular complexity index is 497. The van der Waals surface area contributed by atoms with Gasteiger partial charge in [0.15, 0.2) is 6.71 Å². The summed E-state index contributed by atoms with van der Waals surface area (Å²) in [7, 11) is 0. The maximum Gasteiger partial charge on any atom is 0.162 e. The predicted molar refractivity (Wildman–Crippen MR) is 117 cm³/mol. The van der Waals surface area contributed by atoms with Gasteiger partial charge in [-0.05, 0) is 43.1 Å². The molecule has 7 unspecified atom stereocenters. The summed E-state index contributed by atoms with van der Waals surface area (Å²) in [6.45, 7) is 0.904. The SMILES string of the molecule is C1CCCC2OC3CCCCCCC4OC5CCCCCC5B(C2CCC1)C34. The van der Waals surface area contributed by atoms with Crippen molar-refractivity contribution in [2.75, 3.05) is 0 Å². The fourth-order valence-corrected chi connectivity index (χ4v) is 8.00. The van der Waals surface area contributed by atoms with Crippen molar-refractivity contribution in [1.29, 1.82) is 0 Å². The average Bonchev–Trinajstić information content (AvgIpc) is 2.80. The third-order valence-electron chi connectivity index (χ3n) is 9.23. The van der Waals surface area contributed by atoms with E-state index in [1.165, 1.54) is 116 Å². The van der Waals surface area contributed by atoms with Gasteiger partial charge in [-0.2, -0.15) is 0 Å². The summed E-state index contributed by atoms with van der Waals surface area (Å²) in [5.74, 6) is 2.38. The standard InChI is InChI=1S/C25H43BO2/c1-2-7-13-19-21(15-9-3-1)27-23-17-10-4-5-11-18-24-25(23)26(19)20-14-8-6-12-16-22(20)28-24/h19-25H,1-18H2. The fraction of sp³-hybridized carbons (Fsp3) is 1.00. The number of rotatable bonds is 0. The van der Waals surface area contributed by atoms with E-state index in [9.17, 15) is 0 Å². The van der Waals surface area contributed by atoms with Gasteiger partial charge in [-0.25, -0.2) is 0 Å². The summed E-state index contributed by atoms with van der Waals surface area (Å²) in [4.78, 5) is 0. The first-order valence-corrected chi connectivity index (χ1v) is 13.2. The van der Waals surface area contributed by atoms with Crippen molar-refractivity contribution in [3.63, 3.8) is 0 Å². The zero-order valence-corrected chi connectivity index (χ0v) is 18.2. The largest absolute Gasteiger partial charge is 0.376 e. The van der Waals surface area contributed by atoms with E-state index in [1.807, 2.05) is 0 Å². The lowest BCUT2D eigenvalue weighted by atomic mass is 9.22. The van der Waals surface area contributed by atoms with Crippen LogP contribution in [0.3, 0.4) is 0 Å². The Balaban J connectivity index is 1.49. The van der Waals surface area contributed by atoms with Gasteiger partial charge in [-0.15, -0.1) is 0 Å². The van der Waals surface area contributed by atoms with Crippen LogP contribution in [0.5, 0.6) is 0 Å². The summed E-state index contributed by atoms with van der Waals surface area (Å²) >= 11 is 0. The first-order chi connectivity index (χ1) is 13.9. The minimum absolute atomic E-state index is 0.499.